The predicted octanol–water partition coefficient (Wildman–Crippen LogP) is 2.96. The molecule has 0 unspecified atom stereocenters. The summed E-state index contributed by atoms with van der Waals surface area (Å²) in [7, 11) is 0. The van der Waals surface area contributed by atoms with Gasteiger partial charge in [0.05, 0.1) is 11.0 Å². The molecular formula is C13H11N3O3S. The SMILES string of the molecule is N=C(N)c1ccc(Oc2cccc([N+](=O)[O-])c2)cc1S. The van der Waals surface area contributed by atoms with Crippen LogP contribution in [-0.4, -0.2) is 10.8 Å². The Bertz CT molecular complexity index is 688. The van der Waals surface area contributed by atoms with E-state index in [2.05, 4.69) is 12.6 Å². The van der Waals surface area contributed by atoms with Crippen molar-refractivity contribution in [3.8, 4) is 11.5 Å². The molecule has 0 aliphatic carbocycles. The molecule has 2 rings (SSSR count). The van der Waals surface area contributed by atoms with Gasteiger partial charge in [0.15, 0.2) is 0 Å². The van der Waals surface area contributed by atoms with Crippen molar-refractivity contribution in [3.63, 3.8) is 0 Å². The summed E-state index contributed by atoms with van der Waals surface area (Å²) in [6, 6.07) is 10.7. The molecule has 0 bridgehead atoms. The zero-order valence-electron chi connectivity index (χ0n) is 10.2. The fourth-order valence-electron chi connectivity index (χ4n) is 1.60. The molecule has 2 aromatic carbocycles. The summed E-state index contributed by atoms with van der Waals surface area (Å²) in [6.07, 6.45) is 0. The first-order valence-corrected chi connectivity index (χ1v) is 6.02. The Morgan fingerprint density at radius 1 is 1.25 bits per heavy atom. The molecule has 0 atom stereocenters. The number of amidine groups is 1. The van der Waals surface area contributed by atoms with Gasteiger partial charge in [0.1, 0.15) is 17.3 Å². The number of nitro benzene ring substituents is 1. The van der Waals surface area contributed by atoms with Gasteiger partial charge in [-0.25, -0.2) is 0 Å². The van der Waals surface area contributed by atoms with Crippen LogP contribution in [-0.2, 0) is 0 Å². The van der Waals surface area contributed by atoms with Crippen LogP contribution in [0.25, 0.3) is 0 Å². The highest BCUT2D eigenvalue weighted by Gasteiger charge is 2.08. The minimum atomic E-state index is -0.490. The Kier molecular flexibility index (Phi) is 3.90. The number of benzene rings is 2. The van der Waals surface area contributed by atoms with Crippen LogP contribution in [0.4, 0.5) is 5.69 Å². The van der Waals surface area contributed by atoms with E-state index in [1.807, 2.05) is 0 Å². The molecule has 6 nitrogen and oxygen atoms in total. The third kappa shape index (κ3) is 3.07. The highest BCUT2D eigenvalue weighted by molar-refractivity contribution is 7.80. The van der Waals surface area contributed by atoms with Crippen molar-refractivity contribution in [1.29, 1.82) is 5.41 Å². The van der Waals surface area contributed by atoms with Gasteiger partial charge < -0.3 is 10.5 Å². The fourth-order valence-corrected chi connectivity index (χ4v) is 1.92. The summed E-state index contributed by atoms with van der Waals surface area (Å²) in [5.41, 5.74) is 5.84. The Hall–Kier alpha value is -2.54. The number of thiol groups is 1. The summed E-state index contributed by atoms with van der Waals surface area (Å²) in [6.45, 7) is 0. The van der Waals surface area contributed by atoms with Gasteiger partial charge in [-0.3, -0.25) is 15.5 Å². The summed E-state index contributed by atoms with van der Waals surface area (Å²) in [4.78, 5) is 10.7. The lowest BCUT2D eigenvalue weighted by Crippen LogP contribution is -2.11. The van der Waals surface area contributed by atoms with Gasteiger partial charge in [0, 0.05) is 16.5 Å². The smallest absolute Gasteiger partial charge is 0.273 e. The highest BCUT2D eigenvalue weighted by Crippen LogP contribution is 2.27. The van der Waals surface area contributed by atoms with E-state index in [-0.39, 0.29) is 11.5 Å². The molecule has 20 heavy (non-hydrogen) atoms. The Labute approximate surface area is 120 Å². The maximum Gasteiger partial charge on any atom is 0.273 e. The molecule has 0 saturated heterocycles. The van der Waals surface area contributed by atoms with Gasteiger partial charge in [0.2, 0.25) is 0 Å². The van der Waals surface area contributed by atoms with Crippen molar-refractivity contribution in [3.05, 3.63) is 58.1 Å². The minimum absolute atomic E-state index is 0.0473. The minimum Gasteiger partial charge on any atom is -0.457 e. The quantitative estimate of drug-likeness (QED) is 0.265. The Morgan fingerprint density at radius 2 is 1.95 bits per heavy atom. The third-order valence-corrected chi connectivity index (χ3v) is 2.89. The zero-order valence-corrected chi connectivity index (χ0v) is 11.1. The topological polar surface area (TPSA) is 102 Å². The number of nitrogen functional groups attached to an aromatic ring is 1. The first kappa shape index (κ1) is 13.9. The number of nitrogens with two attached hydrogens (primary N) is 1. The van der Waals surface area contributed by atoms with E-state index in [0.717, 1.165) is 0 Å². The summed E-state index contributed by atoms with van der Waals surface area (Å²) in [5.74, 6) is 0.722. The molecule has 3 N–H and O–H groups in total. The van der Waals surface area contributed by atoms with Crippen LogP contribution >= 0.6 is 12.6 Å². The first-order chi connectivity index (χ1) is 9.47. The van der Waals surface area contributed by atoms with E-state index in [9.17, 15) is 10.1 Å². The molecule has 7 heteroatoms. The number of non-ortho nitro benzene ring substituents is 1. The van der Waals surface area contributed by atoms with Gasteiger partial charge in [-0.2, -0.15) is 0 Å². The molecule has 0 aliphatic rings. The molecule has 0 fully saturated rings. The lowest BCUT2D eigenvalue weighted by atomic mass is 10.2. The number of nitrogens with zero attached hydrogens (tertiary/aromatic N) is 1. The van der Waals surface area contributed by atoms with E-state index in [1.54, 1.807) is 30.3 Å². The zero-order chi connectivity index (χ0) is 14.7. The van der Waals surface area contributed by atoms with E-state index in [0.29, 0.717) is 22.0 Å². The van der Waals surface area contributed by atoms with Crippen LogP contribution in [0.15, 0.2) is 47.4 Å². The van der Waals surface area contributed by atoms with Crippen molar-refractivity contribution in [1.82, 2.24) is 0 Å². The van der Waals surface area contributed by atoms with E-state index in [4.69, 9.17) is 15.9 Å². The number of hydrogen-bond donors (Lipinski definition) is 3. The first-order valence-electron chi connectivity index (χ1n) is 5.57. The van der Waals surface area contributed by atoms with Gasteiger partial charge in [-0.05, 0) is 24.3 Å². The number of nitrogens with one attached hydrogen (secondary N) is 1. The van der Waals surface area contributed by atoms with Crippen molar-refractivity contribution < 1.29 is 9.66 Å². The predicted molar refractivity (Wildman–Crippen MR) is 77.9 cm³/mol. The van der Waals surface area contributed by atoms with E-state index in [1.165, 1.54) is 12.1 Å². The van der Waals surface area contributed by atoms with Crippen molar-refractivity contribution >= 4 is 24.2 Å². The fraction of sp³-hybridized carbons (Fsp3) is 0. The van der Waals surface area contributed by atoms with Crippen molar-refractivity contribution in [2.24, 2.45) is 5.73 Å². The molecule has 0 saturated carbocycles. The van der Waals surface area contributed by atoms with Gasteiger partial charge in [-0.15, -0.1) is 12.6 Å². The maximum absolute atomic E-state index is 10.7. The van der Waals surface area contributed by atoms with Gasteiger partial charge >= 0.3 is 0 Å². The summed E-state index contributed by atoms with van der Waals surface area (Å²) < 4.78 is 5.52. The normalized spacial score (nSPS) is 10.1. The summed E-state index contributed by atoms with van der Waals surface area (Å²) >= 11 is 4.22. The second-order valence-electron chi connectivity index (χ2n) is 3.95. The second-order valence-corrected chi connectivity index (χ2v) is 4.43. The van der Waals surface area contributed by atoms with Crippen molar-refractivity contribution in [2.45, 2.75) is 4.90 Å². The van der Waals surface area contributed by atoms with Crippen LogP contribution in [0, 0.1) is 15.5 Å². The van der Waals surface area contributed by atoms with Gasteiger partial charge in [-0.1, -0.05) is 6.07 Å². The highest BCUT2D eigenvalue weighted by atomic mass is 32.1. The largest absolute Gasteiger partial charge is 0.457 e. The lowest BCUT2D eigenvalue weighted by molar-refractivity contribution is -0.384. The maximum atomic E-state index is 10.7. The monoisotopic (exact) mass is 289 g/mol. The molecule has 0 aromatic heterocycles. The second kappa shape index (κ2) is 5.62. The molecule has 0 radical (unpaired) electrons. The van der Waals surface area contributed by atoms with Crippen molar-refractivity contribution in [2.75, 3.05) is 0 Å². The average Bonchev–Trinajstić information content (AvgIpc) is 2.38. The number of hydrogen-bond acceptors (Lipinski definition) is 5. The number of rotatable bonds is 4. The molecule has 0 amide bonds. The van der Waals surface area contributed by atoms with Crippen LogP contribution in [0.1, 0.15) is 5.56 Å². The molecule has 102 valence electrons. The number of ether oxygens (including phenoxy) is 1. The van der Waals surface area contributed by atoms with Crippen LogP contribution in [0.3, 0.4) is 0 Å². The summed E-state index contributed by atoms with van der Waals surface area (Å²) in [5, 5.41) is 18.0. The van der Waals surface area contributed by atoms with Crippen LogP contribution in [0.5, 0.6) is 11.5 Å². The Balaban J connectivity index is 2.26. The molecule has 0 spiro atoms. The molecular weight excluding hydrogens is 278 g/mol. The molecule has 0 heterocycles. The Morgan fingerprint density at radius 3 is 2.55 bits per heavy atom. The lowest BCUT2D eigenvalue weighted by Gasteiger charge is -2.08. The molecule has 2 aromatic rings. The van der Waals surface area contributed by atoms with Crippen LogP contribution in [0.2, 0.25) is 0 Å². The van der Waals surface area contributed by atoms with E-state index >= 15 is 0 Å². The average molecular weight is 289 g/mol. The third-order valence-electron chi connectivity index (χ3n) is 2.52. The standard InChI is InChI=1S/C13H11N3O3S/c14-13(15)11-5-4-10(7-12(11)20)19-9-3-1-2-8(6-9)16(17)18/h1-7,20H,(H3,14,15). The van der Waals surface area contributed by atoms with E-state index < -0.39 is 4.92 Å². The van der Waals surface area contributed by atoms with Gasteiger partial charge in [0.25, 0.3) is 5.69 Å². The van der Waals surface area contributed by atoms with Crippen LogP contribution < -0.4 is 10.5 Å². The number of nitro groups is 1. The molecule has 0 aliphatic heterocycles.